The number of fused-ring (bicyclic) bond motifs is 2. The van der Waals surface area contributed by atoms with Crippen molar-refractivity contribution in [1.82, 2.24) is 19.9 Å². The number of rotatable bonds is 2. The van der Waals surface area contributed by atoms with E-state index < -0.39 is 0 Å². The molecule has 2 aromatic rings. The van der Waals surface area contributed by atoms with Crippen LogP contribution >= 0.6 is 11.3 Å². The fourth-order valence-electron chi connectivity index (χ4n) is 3.64. The molecule has 104 valence electrons. The highest BCUT2D eigenvalue weighted by Crippen LogP contribution is 2.41. The van der Waals surface area contributed by atoms with Gasteiger partial charge in [-0.25, -0.2) is 4.68 Å². The molecule has 2 saturated heterocycles. The Morgan fingerprint density at radius 2 is 2.05 bits per heavy atom. The van der Waals surface area contributed by atoms with Gasteiger partial charge < -0.3 is 4.90 Å². The van der Waals surface area contributed by atoms with Crippen LogP contribution in [0.2, 0.25) is 0 Å². The molecule has 0 saturated carbocycles. The van der Waals surface area contributed by atoms with Crippen molar-refractivity contribution in [3.8, 4) is 0 Å². The lowest BCUT2D eigenvalue weighted by atomic mass is 9.97. The van der Waals surface area contributed by atoms with Crippen LogP contribution in [0.3, 0.4) is 0 Å². The minimum absolute atomic E-state index is 0.204. The monoisotopic (exact) mass is 288 g/mol. The molecule has 5 nitrogen and oxygen atoms in total. The summed E-state index contributed by atoms with van der Waals surface area (Å²) in [7, 11) is 0. The minimum atomic E-state index is 0.204. The Bertz CT molecular complexity index is 581. The van der Waals surface area contributed by atoms with Crippen molar-refractivity contribution in [2.75, 3.05) is 0 Å². The van der Waals surface area contributed by atoms with E-state index in [1.807, 2.05) is 27.7 Å². The van der Waals surface area contributed by atoms with Crippen molar-refractivity contribution in [3.63, 3.8) is 0 Å². The van der Waals surface area contributed by atoms with Crippen LogP contribution < -0.4 is 0 Å². The number of thiophene rings is 1. The Morgan fingerprint density at radius 3 is 2.65 bits per heavy atom. The third kappa shape index (κ3) is 1.86. The number of hydrogen-bond donors (Lipinski definition) is 0. The summed E-state index contributed by atoms with van der Waals surface area (Å²) in [6.07, 6.45) is 7.88. The maximum atomic E-state index is 12.6. The molecule has 0 aliphatic carbocycles. The van der Waals surface area contributed by atoms with E-state index in [2.05, 4.69) is 15.2 Å². The van der Waals surface area contributed by atoms with E-state index in [9.17, 15) is 4.79 Å². The van der Waals surface area contributed by atoms with Gasteiger partial charge in [0.2, 0.25) is 0 Å². The minimum Gasteiger partial charge on any atom is -0.332 e. The Morgan fingerprint density at radius 1 is 1.25 bits per heavy atom. The van der Waals surface area contributed by atoms with Crippen LogP contribution in [0.1, 0.15) is 42.1 Å². The number of carbonyl (C=O) groups excluding carboxylic acids is 1. The molecule has 2 unspecified atom stereocenters. The second-order valence-electron chi connectivity index (χ2n) is 5.62. The van der Waals surface area contributed by atoms with Crippen molar-refractivity contribution >= 4 is 17.2 Å². The number of aromatic nitrogens is 3. The molecule has 1 amide bonds. The SMILES string of the molecule is O=C(c1ccsc1)N1C2CCC1CC(n1ccnn1)C2. The van der Waals surface area contributed by atoms with Crippen LogP contribution in [0, 0.1) is 0 Å². The van der Waals surface area contributed by atoms with Crippen molar-refractivity contribution in [2.24, 2.45) is 0 Å². The highest BCUT2D eigenvalue weighted by atomic mass is 32.1. The molecule has 2 aliphatic heterocycles. The molecule has 0 aromatic carbocycles. The fraction of sp³-hybridized carbons (Fsp3) is 0.500. The number of amides is 1. The molecule has 2 bridgehead atoms. The van der Waals surface area contributed by atoms with Crippen LogP contribution in [0.4, 0.5) is 0 Å². The lowest BCUT2D eigenvalue weighted by Gasteiger charge is -2.38. The molecule has 0 radical (unpaired) electrons. The molecule has 4 heterocycles. The summed E-state index contributed by atoms with van der Waals surface area (Å²) in [5.41, 5.74) is 0.839. The van der Waals surface area contributed by atoms with Crippen LogP contribution in [-0.2, 0) is 0 Å². The summed E-state index contributed by atoms with van der Waals surface area (Å²) < 4.78 is 1.96. The first-order valence-corrected chi connectivity index (χ1v) is 7.98. The van der Waals surface area contributed by atoms with Crippen LogP contribution in [0.5, 0.6) is 0 Å². The Hall–Kier alpha value is -1.69. The highest BCUT2D eigenvalue weighted by Gasteiger charge is 2.44. The van der Waals surface area contributed by atoms with Gasteiger partial charge in [-0.15, -0.1) is 5.10 Å². The summed E-state index contributed by atoms with van der Waals surface area (Å²) in [5, 5.41) is 11.9. The summed E-state index contributed by atoms with van der Waals surface area (Å²) in [6, 6.07) is 3.03. The zero-order chi connectivity index (χ0) is 13.5. The first-order chi connectivity index (χ1) is 9.83. The standard InChI is InChI=1S/C14H16N4OS/c19-14(10-3-6-20-9-10)18-11-1-2-12(18)8-13(7-11)17-5-4-15-16-17/h3-6,9,11-13H,1-2,7-8H2. The van der Waals surface area contributed by atoms with Crippen LogP contribution in [0.25, 0.3) is 0 Å². The molecule has 20 heavy (non-hydrogen) atoms. The predicted molar refractivity (Wildman–Crippen MR) is 75.6 cm³/mol. The van der Waals surface area contributed by atoms with E-state index in [1.165, 1.54) is 0 Å². The largest absolute Gasteiger partial charge is 0.332 e. The van der Waals surface area contributed by atoms with Gasteiger partial charge >= 0.3 is 0 Å². The van der Waals surface area contributed by atoms with Gasteiger partial charge in [-0.2, -0.15) is 11.3 Å². The second kappa shape index (κ2) is 4.70. The van der Waals surface area contributed by atoms with E-state index in [0.717, 1.165) is 31.2 Å². The topological polar surface area (TPSA) is 51.0 Å². The number of nitrogens with zero attached hydrogens (tertiary/aromatic N) is 4. The van der Waals surface area contributed by atoms with Gasteiger partial charge in [0.05, 0.1) is 17.8 Å². The van der Waals surface area contributed by atoms with Crippen molar-refractivity contribution in [3.05, 3.63) is 34.8 Å². The third-order valence-corrected chi connectivity index (χ3v) is 5.21. The number of carbonyl (C=O) groups is 1. The van der Waals surface area contributed by atoms with Crippen LogP contribution in [-0.4, -0.2) is 37.9 Å². The maximum absolute atomic E-state index is 12.6. The van der Waals surface area contributed by atoms with Crippen LogP contribution in [0.15, 0.2) is 29.2 Å². The lowest BCUT2D eigenvalue weighted by molar-refractivity contribution is 0.0523. The van der Waals surface area contributed by atoms with Crippen molar-refractivity contribution < 1.29 is 4.79 Å². The van der Waals surface area contributed by atoms with Gasteiger partial charge in [0, 0.05) is 23.7 Å². The quantitative estimate of drug-likeness (QED) is 0.852. The average Bonchev–Trinajstić information content (AvgIpc) is 3.18. The summed E-state index contributed by atoms with van der Waals surface area (Å²) in [6.45, 7) is 0. The van der Waals surface area contributed by atoms with Gasteiger partial charge in [0.15, 0.2) is 0 Å². The molecule has 4 rings (SSSR count). The normalized spacial score (nSPS) is 28.8. The fourth-order valence-corrected chi connectivity index (χ4v) is 4.27. The van der Waals surface area contributed by atoms with Gasteiger partial charge in [-0.3, -0.25) is 4.79 Å². The molecule has 2 atom stereocenters. The van der Waals surface area contributed by atoms with E-state index in [0.29, 0.717) is 18.1 Å². The first-order valence-electron chi connectivity index (χ1n) is 7.03. The Kier molecular flexibility index (Phi) is 2.84. The summed E-state index contributed by atoms with van der Waals surface area (Å²) >= 11 is 1.58. The lowest BCUT2D eigenvalue weighted by Crippen LogP contribution is -2.46. The molecule has 0 N–H and O–H groups in total. The molecular formula is C14H16N4OS. The molecular weight excluding hydrogens is 272 g/mol. The smallest absolute Gasteiger partial charge is 0.255 e. The second-order valence-corrected chi connectivity index (χ2v) is 6.40. The van der Waals surface area contributed by atoms with E-state index in [-0.39, 0.29) is 5.91 Å². The third-order valence-electron chi connectivity index (χ3n) is 4.53. The summed E-state index contributed by atoms with van der Waals surface area (Å²) in [5.74, 6) is 0.204. The summed E-state index contributed by atoms with van der Waals surface area (Å²) in [4.78, 5) is 14.7. The highest BCUT2D eigenvalue weighted by molar-refractivity contribution is 7.08. The zero-order valence-corrected chi connectivity index (χ0v) is 11.9. The van der Waals surface area contributed by atoms with E-state index in [1.54, 1.807) is 17.5 Å². The molecule has 2 aromatic heterocycles. The maximum Gasteiger partial charge on any atom is 0.255 e. The molecule has 0 spiro atoms. The molecule has 6 heteroatoms. The predicted octanol–water partition coefficient (Wildman–Crippen LogP) is 2.35. The van der Waals surface area contributed by atoms with Gasteiger partial charge in [0.1, 0.15) is 0 Å². The van der Waals surface area contributed by atoms with E-state index in [4.69, 9.17) is 0 Å². The van der Waals surface area contributed by atoms with Crippen molar-refractivity contribution in [1.29, 1.82) is 0 Å². The number of hydrogen-bond acceptors (Lipinski definition) is 4. The molecule has 2 aliphatic rings. The number of piperidine rings is 1. The van der Waals surface area contributed by atoms with E-state index >= 15 is 0 Å². The van der Waals surface area contributed by atoms with Crippen molar-refractivity contribution in [2.45, 2.75) is 43.8 Å². The first kappa shape index (κ1) is 12.1. The molecule has 2 fully saturated rings. The van der Waals surface area contributed by atoms with Gasteiger partial charge in [-0.1, -0.05) is 5.21 Å². The average molecular weight is 288 g/mol. The zero-order valence-electron chi connectivity index (χ0n) is 11.1. The Balaban J connectivity index is 1.56. The van der Waals surface area contributed by atoms with Gasteiger partial charge in [0.25, 0.3) is 5.91 Å². The van der Waals surface area contributed by atoms with Gasteiger partial charge in [-0.05, 0) is 37.1 Å². The Labute approximate surface area is 121 Å².